The first-order chi connectivity index (χ1) is 14.0. The van der Waals surface area contributed by atoms with E-state index < -0.39 is 0 Å². The van der Waals surface area contributed by atoms with Gasteiger partial charge in [-0.15, -0.1) is 0 Å². The monoisotopic (exact) mass is 381 g/mol. The molecular weight excluding hydrogens is 350 g/mol. The summed E-state index contributed by atoms with van der Waals surface area (Å²) in [5, 5.41) is 2.75. The number of benzene rings is 3. The van der Waals surface area contributed by atoms with Crippen LogP contribution in [0.4, 0.5) is 0 Å². The van der Waals surface area contributed by atoms with Gasteiger partial charge in [0.15, 0.2) is 0 Å². The molecule has 148 valence electrons. The zero-order valence-corrected chi connectivity index (χ0v) is 18.1. The third-order valence-electron chi connectivity index (χ3n) is 6.52. The van der Waals surface area contributed by atoms with Crippen molar-refractivity contribution >= 4 is 27.4 Å². The number of hydrogen-bond acceptors (Lipinski definition) is 0. The summed E-state index contributed by atoms with van der Waals surface area (Å²) in [5.74, 6) is 0.736. The van der Waals surface area contributed by atoms with Gasteiger partial charge in [0.05, 0.1) is 0 Å². The van der Waals surface area contributed by atoms with Crippen molar-refractivity contribution < 1.29 is 0 Å². The second-order valence-corrected chi connectivity index (χ2v) is 8.53. The van der Waals surface area contributed by atoms with E-state index in [2.05, 4.69) is 99.6 Å². The van der Waals surface area contributed by atoms with Gasteiger partial charge >= 0.3 is 0 Å². The van der Waals surface area contributed by atoms with Gasteiger partial charge in [0.25, 0.3) is 0 Å². The standard InChI is InChI=1S/C20H21N.C8H10/c1-13(2)16-12-20-18(11-17(16)14-7-6-8-14)15-9-4-5-10-19(15)21(20)3;1-7-5-3-4-6-8(7)2/h4-5,9-12,14H,1,6-8H2,2-3H3;3-6H,1-2H3. The van der Waals surface area contributed by atoms with Gasteiger partial charge in [0.1, 0.15) is 0 Å². The second-order valence-electron chi connectivity index (χ2n) is 8.53. The van der Waals surface area contributed by atoms with Gasteiger partial charge in [-0.25, -0.2) is 0 Å². The Morgan fingerprint density at radius 3 is 2.03 bits per heavy atom. The van der Waals surface area contributed by atoms with Crippen molar-refractivity contribution in [2.24, 2.45) is 7.05 Å². The van der Waals surface area contributed by atoms with Crippen molar-refractivity contribution in [1.82, 2.24) is 4.57 Å². The first kappa shape index (κ1) is 19.5. The van der Waals surface area contributed by atoms with Crippen LogP contribution in [-0.4, -0.2) is 4.57 Å². The van der Waals surface area contributed by atoms with Crippen molar-refractivity contribution in [3.63, 3.8) is 0 Å². The Labute approximate surface area is 174 Å². The molecule has 0 amide bonds. The van der Waals surface area contributed by atoms with Gasteiger partial charge in [-0.1, -0.05) is 61.0 Å². The van der Waals surface area contributed by atoms with Crippen LogP contribution in [0.2, 0.25) is 0 Å². The Balaban J connectivity index is 0.000000216. The highest BCUT2D eigenvalue weighted by Gasteiger charge is 2.24. The van der Waals surface area contributed by atoms with Crippen LogP contribution in [0.15, 0.2) is 67.2 Å². The molecule has 0 radical (unpaired) electrons. The van der Waals surface area contributed by atoms with E-state index in [9.17, 15) is 0 Å². The minimum Gasteiger partial charge on any atom is -0.344 e. The number of aromatic nitrogens is 1. The van der Waals surface area contributed by atoms with Gasteiger partial charge in [-0.2, -0.15) is 0 Å². The highest BCUT2D eigenvalue weighted by Crippen LogP contribution is 2.42. The molecule has 3 aromatic carbocycles. The Bertz CT molecular complexity index is 1170. The molecule has 1 aliphatic rings. The van der Waals surface area contributed by atoms with Crippen LogP contribution < -0.4 is 0 Å². The van der Waals surface area contributed by atoms with E-state index in [0.29, 0.717) is 0 Å². The fourth-order valence-electron chi connectivity index (χ4n) is 4.31. The van der Waals surface area contributed by atoms with Crippen LogP contribution >= 0.6 is 0 Å². The molecule has 1 fully saturated rings. The molecule has 29 heavy (non-hydrogen) atoms. The van der Waals surface area contributed by atoms with Crippen molar-refractivity contribution in [2.45, 2.75) is 46.0 Å². The molecule has 1 heterocycles. The summed E-state index contributed by atoms with van der Waals surface area (Å²) in [6, 6.07) is 21.8. The molecular formula is C28H31N. The molecule has 0 unspecified atom stereocenters. The molecule has 1 saturated carbocycles. The van der Waals surface area contributed by atoms with Crippen LogP contribution in [0.25, 0.3) is 27.4 Å². The lowest BCUT2D eigenvalue weighted by Gasteiger charge is -2.28. The Kier molecular flexibility index (Phi) is 5.32. The van der Waals surface area contributed by atoms with Crippen LogP contribution in [0.1, 0.15) is 54.4 Å². The largest absolute Gasteiger partial charge is 0.344 e. The summed E-state index contributed by atoms with van der Waals surface area (Å²) in [5.41, 5.74) is 9.42. The number of fused-ring (bicyclic) bond motifs is 3. The summed E-state index contributed by atoms with van der Waals surface area (Å²) >= 11 is 0. The lowest BCUT2D eigenvalue weighted by Crippen LogP contribution is -2.10. The maximum atomic E-state index is 4.21. The van der Waals surface area contributed by atoms with Gasteiger partial charge in [0, 0.05) is 28.9 Å². The summed E-state index contributed by atoms with van der Waals surface area (Å²) in [4.78, 5) is 0. The van der Waals surface area contributed by atoms with Crippen molar-refractivity contribution in [3.05, 3.63) is 89.5 Å². The van der Waals surface area contributed by atoms with Crippen molar-refractivity contribution in [1.29, 1.82) is 0 Å². The molecule has 1 aliphatic carbocycles. The van der Waals surface area contributed by atoms with Gasteiger partial charge in [0.2, 0.25) is 0 Å². The van der Waals surface area contributed by atoms with Gasteiger partial charge < -0.3 is 4.57 Å². The number of para-hydroxylation sites is 1. The number of allylic oxidation sites excluding steroid dienone is 1. The summed E-state index contributed by atoms with van der Waals surface area (Å²) in [6.07, 6.45) is 4.03. The fourth-order valence-corrected chi connectivity index (χ4v) is 4.31. The van der Waals surface area contributed by atoms with E-state index in [1.807, 2.05) is 0 Å². The molecule has 1 heteroatoms. The first-order valence-corrected chi connectivity index (χ1v) is 10.7. The van der Waals surface area contributed by atoms with E-state index in [1.165, 1.54) is 68.9 Å². The average Bonchev–Trinajstić information content (AvgIpc) is 2.95. The van der Waals surface area contributed by atoms with E-state index >= 15 is 0 Å². The maximum absolute atomic E-state index is 4.21. The minimum absolute atomic E-state index is 0.736. The van der Waals surface area contributed by atoms with Gasteiger partial charge in [-0.05, 0) is 80.0 Å². The van der Waals surface area contributed by atoms with Gasteiger partial charge in [-0.3, -0.25) is 0 Å². The summed E-state index contributed by atoms with van der Waals surface area (Å²) < 4.78 is 2.31. The first-order valence-electron chi connectivity index (χ1n) is 10.7. The topological polar surface area (TPSA) is 4.93 Å². The molecule has 1 nitrogen and oxygen atoms in total. The predicted molar refractivity (Wildman–Crippen MR) is 128 cm³/mol. The zero-order chi connectivity index (χ0) is 20.5. The Morgan fingerprint density at radius 1 is 0.862 bits per heavy atom. The average molecular weight is 382 g/mol. The van der Waals surface area contributed by atoms with Crippen molar-refractivity contribution in [2.75, 3.05) is 0 Å². The predicted octanol–water partition coefficient (Wildman–Crippen LogP) is 7.94. The zero-order valence-electron chi connectivity index (χ0n) is 18.1. The lowest BCUT2D eigenvalue weighted by molar-refractivity contribution is 0.419. The molecule has 1 aromatic heterocycles. The quantitative estimate of drug-likeness (QED) is 0.332. The normalized spacial score (nSPS) is 13.8. The minimum atomic E-state index is 0.736. The third-order valence-corrected chi connectivity index (χ3v) is 6.52. The number of hydrogen-bond donors (Lipinski definition) is 0. The lowest BCUT2D eigenvalue weighted by atomic mass is 9.77. The fraction of sp³-hybridized carbons (Fsp3) is 0.286. The van der Waals surface area contributed by atoms with Crippen LogP contribution in [0.5, 0.6) is 0 Å². The summed E-state index contributed by atoms with van der Waals surface area (Å²) in [6.45, 7) is 10.6. The molecule has 0 N–H and O–H groups in total. The number of nitrogens with zero attached hydrogens (tertiary/aromatic N) is 1. The Morgan fingerprint density at radius 2 is 1.48 bits per heavy atom. The molecule has 5 rings (SSSR count). The van der Waals surface area contributed by atoms with E-state index in [0.717, 1.165) is 5.92 Å². The maximum Gasteiger partial charge on any atom is 0.0495 e. The second kappa shape index (κ2) is 7.91. The Hall–Kier alpha value is -2.80. The molecule has 0 aliphatic heterocycles. The highest BCUT2D eigenvalue weighted by atomic mass is 14.9. The molecule has 4 aromatic rings. The smallest absolute Gasteiger partial charge is 0.0495 e. The SMILES string of the molecule is C=C(C)c1cc2c(cc1C1CCC1)c1ccccc1n2C.Cc1ccccc1C. The number of rotatable bonds is 2. The third kappa shape index (κ3) is 3.62. The molecule has 0 atom stereocenters. The van der Waals surface area contributed by atoms with Crippen molar-refractivity contribution in [3.8, 4) is 0 Å². The molecule has 0 bridgehead atoms. The molecule has 0 saturated heterocycles. The van der Waals surface area contributed by atoms with Crippen LogP contribution in [0, 0.1) is 13.8 Å². The van der Waals surface area contributed by atoms with E-state index in [1.54, 1.807) is 0 Å². The molecule has 0 spiro atoms. The van der Waals surface area contributed by atoms with Crippen LogP contribution in [-0.2, 0) is 7.05 Å². The van der Waals surface area contributed by atoms with Crippen LogP contribution in [0.3, 0.4) is 0 Å². The van der Waals surface area contributed by atoms with E-state index in [4.69, 9.17) is 0 Å². The highest BCUT2D eigenvalue weighted by molar-refractivity contribution is 6.09. The summed E-state index contributed by atoms with van der Waals surface area (Å²) in [7, 11) is 2.16. The number of aryl methyl sites for hydroxylation is 3. The van der Waals surface area contributed by atoms with E-state index in [-0.39, 0.29) is 0 Å².